The third-order valence-corrected chi connectivity index (χ3v) is 5.91. The molecule has 0 unspecified atom stereocenters. The summed E-state index contributed by atoms with van der Waals surface area (Å²) in [6.45, 7) is 4.77. The molecule has 9 heteroatoms. The summed E-state index contributed by atoms with van der Waals surface area (Å²) in [5, 5.41) is 3.26. The highest BCUT2D eigenvalue weighted by Crippen LogP contribution is 2.34. The fourth-order valence-corrected chi connectivity index (χ4v) is 4.27. The van der Waals surface area contributed by atoms with Crippen LogP contribution in [0.15, 0.2) is 37.9 Å². The van der Waals surface area contributed by atoms with Crippen molar-refractivity contribution in [2.45, 2.75) is 20.8 Å². The first-order chi connectivity index (χ1) is 13.7. The van der Waals surface area contributed by atoms with E-state index in [-0.39, 0.29) is 28.5 Å². The molecule has 2 aromatic heterocycles. The molecule has 7 nitrogen and oxygen atoms in total. The van der Waals surface area contributed by atoms with E-state index >= 15 is 0 Å². The van der Waals surface area contributed by atoms with Gasteiger partial charge in [0.05, 0.1) is 17.0 Å². The Hall–Kier alpha value is -2.78. The number of hydrogen-bond acceptors (Lipinski definition) is 7. The molecule has 1 amide bonds. The summed E-state index contributed by atoms with van der Waals surface area (Å²) in [5.74, 6) is -1.64. The predicted molar refractivity (Wildman–Crippen MR) is 113 cm³/mol. The van der Waals surface area contributed by atoms with Crippen LogP contribution in [0.4, 0.5) is 5.00 Å². The molecule has 1 N–H and O–H groups in total. The van der Waals surface area contributed by atoms with E-state index in [0.717, 1.165) is 15.8 Å². The van der Waals surface area contributed by atoms with Gasteiger partial charge in [0.2, 0.25) is 0 Å². The number of ketones is 1. The minimum atomic E-state index is -0.810. The zero-order valence-corrected chi connectivity index (χ0v) is 18.2. The molecule has 0 atom stereocenters. The van der Waals surface area contributed by atoms with Crippen molar-refractivity contribution in [1.82, 2.24) is 0 Å². The number of thiophene rings is 1. The number of nitrogens with one attached hydrogen (secondary N) is 1. The van der Waals surface area contributed by atoms with Crippen LogP contribution in [-0.2, 0) is 4.74 Å². The van der Waals surface area contributed by atoms with Crippen LogP contribution in [0.2, 0.25) is 0 Å². The van der Waals surface area contributed by atoms with Gasteiger partial charge in [-0.05, 0) is 50.6 Å². The summed E-state index contributed by atoms with van der Waals surface area (Å²) in [4.78, 5) is 49.6. The Morgan fingerprint density at radius 1 is 1.24 bits per heavy atom. The van der Waals surface area contributed by atoms with E-state index in [1.54, 1.807) is 32.0 Å². The minimum absolute atomic E-state index is 0.100. The number of rotatable bonds is 5. The predicted octanol–water partition coefficient (Wildman–Crippen LogP) is 4.56. The Kier molecular flexibility index (Phi) is 5.99. The van der Waals surface area contributed by atoms with Gasteiger partial charge in [0, 0.05) is 9.86 Å². The molecule has 0 aliphatic carbocycles. The van der Waals surface area contributed by atoms with Gasteiger partial charge >= 0.3 is 11.6 Å². The summed E-state index contributed by atoms with van der Waals surface area (Å²) < 4.78 is 11.0. The highest BCUT2D eigenvalue weighted by molar-refractivity contribution is 9.10. The number of benzene rings is 1. The first kappa shape index (κ1) is 20.9. The molecule has 3 aromatic rings. The van der Waals surface area contributed by atoms with Crippen LogP contribution < -0.4 is 10.9 Å². The highest BCUT2D eigenvalue weighted by atomic mass is 79.9. The summed E-state index contributed by atoms with van der Waals surface area (Å²) in [6, 6.07) is 6.46. The molecule has 0 aliphatic rings. The van der Waals surface area contributed by atoms with Crippen molar-refractivity contribution in [1.29, 1.82) is 0 Å². The topological polar surface area (TPSA) is 103 Å². The van der Waals surface area contributed by atoms with Crippen molar-refractivity contribution in [3.05, 3.63) is 60.7 Å². The quantitative estimate of drug-likeness (QED) is 0.328. The molecule has 0 saturated heterocycles. The monoisotopic (exact) mass is 477 g/mol. The zero-order chi connectivity index (χ0) is 21.3. The summed E-state index contributed by atoms with van der Waals surface area (Å²) >= 11 is 4.29. The van der Waals surface area contributed by atoms with E-state index in [1.807, 2.05) is 0 Å². The van der Waals surface area contributed by atoms with Crippen LogP contribution in [0.3, 0.4) is 0 Å². The number of anilines is 1. The van der Waals surface area contributed by atoms with Crippen LogP contribution in [-0.4, -0.2) is 24.3 Å². The summed E-state index contributed by atoms with van der Waals surface area (Å²) in [5.41, 5.74) is -0.169. The number of esters is 1. The molecular formula is C20H16BrNO6S. The van der Waals surface area contributed by atoms with Gasteiger partial charge < -0.3 is 14.5 Å². The minimum Gasteiger partial charge on any atom is -0.462 e. The van der Waals surface area contributed by atoms with Crippen molar-refractivity contribution in [3.8, 4) is 0 Å². The van der Waals surface area contributed by atoms with Crippen LogP contribution in [0.1, 0.15) is 49.8 Å². The van der Waals surface area contributed by atoms with Crippen molar-refractivity contribution >= 4 is 60.9 Å². The lowest BCUT2D eigenvalue weighted by atomic mass is 10.1. The van der Waals surface area contributed by atoms with Gasteiger partial charge in [-0.2, -0.15) is 0 Å². The second-order valence-electron chi connectivity index (χ2n) is 6.12. The van der Waals surface area contributed by atoms with Gasteiger partial charge in [-0.1, -0.05) is 15.9 Å². The van der Waals surface area contributed by atoms with Crippen molar-refractivity contribution in [2.75, 3.05) is 11.9 Å². The van der Waals surface area contributed by atoms with E-state index in [2.05, 4.69) is 21.2 Å². The van der Waals surface area contributed by atoms with E-state index in [4.69, 9.17) is 9.15 Å². The summed E-state index contributed by atoms with van der Waals surface area (Å²) in [6.07, 6.45) is 0. The fraction of sp³-hybridized carbons (Fsp3) is 0.200. The van der Waals surface area contributed by atoms with Crippen molar-refractivity contribution < 1.29 is 23.5 Å². The number of ether oxygens (including phenoxy) is 1. The van der Waals surface area contributed by atoms with Gasteiger partial charge in [-0.25, -0.2) is 9.59 Å². The highest BCUT2D eigenvalue weighted by Gasteiger charge is 2.26. The first-order valence-electron chi connectivity index (χ1n) is 8.59. The average Bonchev–Trinajstić information content (AvgIpc) is 2.97. The van der Waals surface area contributed by atoms with E-state index in [0.29, 0.717) is 21.4 Å². The maximum atomic E-state index is 12.8. The Morgan fingerprint density at radius 3 is 2.62 bits per heavy atom. The SMILES string of the molecule is CCOC(=O)c1c(NC(=O)c2cc3cc(Br)ccc3oc2=O)sc(C(C)=O)c1C. The molecule has 0 spiro atoms. The molecule has 3 rings (SSSR count). The Morgan fingerprint density at radius 2 is 1.97 bits per heavy atom. The third-order valence-electron chi connectivity index (χ3n) is 4.11. The maximum absolute atomic E-state index is 12.8. The largest absolute Gasteiger partial charge is 0.462 e. The second-order valence-corrected chi connectivity index (χ2v) is 8.06. The van der Waals surface area contributed by atoms with Gasteiger partial charge in [0.15, 0.2) is 5.78 Å². The lowest BCUT2D eigenvalue weighted by Crippen LogP contribution is -2.21. The normalized spacial score (nSPS) is 10.8. The van der Waals surface area contributed by atoms with Crippen LogP contribution in [0, 0.1) is 6.92 Å². The van der Waals surface area contributed by atoms with Crippen LogP contribution >= 0.6 is 27.3 Å². The molecule has 150 valence electrons. The smallest absolute Gasteiger partial charge is 0.349 e. The number of halogens is 1. The van der Waals surface area contributed by atoms with Gasteiger partial charge in [0.1, 0.15) is 16.1 Å². The van der Waals surface area contributed by atoms with Gasteiger partial charge in [-0.3, -0.25) is 9.59 Å². The molecule has 0 radical (unpaired) electrons. The Labute approximate surface area is 177 Å². The third kappa shape index (κ3) is 4.15. The number of carbonyl (C=O) groups is 3. The number of carbonyl (C=O) groups excluding carboxylic acids is 3. The standard InChI is InChI=1S/C20H16BrNO6S/c1-4-27-20(26)15-9(2)16(10(3)23)29-18(15)22-17(24)13-8-11-7-12(21)5-6-14(11)28-19(13)25/h5-8H,4H2,1-3H3,(H,22,24). The van der Waals surface area contributed by atoms with Crippen molar-refractivity contribution in [3.63, 3.8) is 0 Å². The second kappa shape index (κ2) is 8.30. The Balaban J connectivity index is 2.05. The molecule has 0 saturated carbocycles. The molecule has 0 aliphatic heterocycles. The lowest BCUT2D eigenvalue weighted by Gasteiger charge is -2.07. The molecule has 0 bridgehead atoms. The maximum Gasteiger partial charge on any atom is 0.349 e. The van der Waals surface area contributed by atoms with E-state index in [1.165, 1.54) is 13.0 Å². The molecular weight excluding hydrogens is 462 g/mol. The zero-order valence-electron chi connectivity index (χ0n) is 15.8. The number of amides is 1. The van der Waals surface area contributed by atoms with Crippen LogP contribution in [0.25, 0.3) is 11.0 Å². The van der Waals surface area contributed by atoms with Gasteiger partial charge in [0.25, 0.3) is 5.91 Å². The van der Waals surface area contributed by atoms with Crippen LogP contribution in [0.5, 0.6) is 0 Å². The van der Waals surface area contributed by atoms with E-state index in [9.17, 15) is 19.2 Å². The molecule has 0 fully saturated rings. The van der Waals surface area contributed by atoms with E-state index < -0.39 is 17.5 Å². The number of hydrogen-bond donors (Lipinski definition) is 1. The number of Topliss-reactive ketones (excluding diaryl/α,β-unsaturated/α-hetero) is 1. The summed E-state index contributed by atoms with van der Waals surface area (Å²) in [7, 11) is 0. The number of fused-ring (bicyclic) bond motifs is 1. The van der Waals surface area contributed by atoms with Gasteiger partial charge in [-0.15, -0.1) is 11.3 Å². The molecule has 29 heavy (non-hydrogen) atoms. The molecule has 1 aromatic carbocycles. The molecule has 2 heterocycles. The fourth-order valence-electron chi connectivity index (χ4n) is 2.81. The average molecular weight is 478 g/mol. The Bertz CT molecular complexity index is 1210. The lowest BCUT2D eigenvalue weighted by molar-refractivity contribution is 0.0527. The first-order valence-corrected chi connectivity index (χ1v) is 10.2. The van der Waals surface area contributed by atoms with Crippen molar-refractivity contribution in [2.24, 2.45) is 0 Å².